The molecule has 5 nitrogen and oxygen atoms in total. The number of rotatable bonds is 1. The van der Waals surface area contributed by atoms with Gasteiger partial charge in [0.15, 0.2) is 0 Å². The van der Waals surface area contributed by atoms with Crippen LogP contribution in [0.3, 0.4) is 0 Å². The Balaban J connectivity index is 0.000000531. The molecule has 2 N–H and O–H groups in total. The van der Waals surface area contributed by atoms with E-state index in [1.54, 1.807) is 6.20 Å². The fraction of sp³-hybridized carbons (Fsp3) is 0.667. The van der Waals surface area contributed by atoms with E-state index in [4.69, 9.17) is 10.0 Å². The highest BCUT2D eigenvalue weighted by atomic mass is 16.4. The van der Waals surface area contributed by atoms with Crippen LogP contribution in [0.2, 0.25) is 5.82 Å². The van der Waals surface area contributed by atoms with Crippen molar-refractivity contribution in [2.24, 2.45) is 0 Å². The van der Waals surface area contributed by atoms with Gasteiger partial charge >= 0.3 is 7.12 Å². The standard InChI is InChI=1S/C7H12BN3O2.C2H6/c1-10-4-6(8(12)13)5-11-3-2-9-7(10)11;1-2/h2-3,6,12-13H,4-5H2,1H3;1-2H3. The van der Waals surface area contributed by atoms with Crippen molar-refractivity contribution in [1.82, 2.24) is 9.55 Å². The normalized spacial score (nSPS) is 19.0. The van der Waals surface area contributed by atoms with Crippen LogP contribution in [0.1, 0.15) is 13.8 Å². The summed E-state index contributed by atoms with van der Waals surface area (Å²) in [6.45, 7) is 5.26. The monoisotopic (exact) mass is 211 g/mol. The van der Waals surface area contributed by atoms with Crippen LogP contribution in [0.4, 0.5) is 5.95 Å². The first-order chi connectivity index (χ1) is 7.18. The summed E-state index contributed by atoms with van der Waals surface area (Å²) < 4.78 is 1.92. The van der Waals surface area contributed by atoms with Crippen molar-refractivity contribution >= 4 is 13.1 Å². The molecule has 1 unspecified atom stereocenters. The largest absolute Gasteiger partial charge is 0.458 e. The Morgan fingerprint density at radius 3 is 2.67 bits per heavy atom. The summed E-state index contributed by atoms with van der Waals surface area (Å²) in [6, 6.07) is 0. The zero-order valence-electron chi connectivity index (χ0n) is 9.46. The second-order valence-corrected chi connectivity index (χ2v) is 3.43. The molecule has 0 amide bonds. The van der Waals surface area contributed by atoms with E-state index in [1.807, 2.05) is 36.6 Å². The third-order valence-electron chi connectivity index (χ3n) is 2.40. The van der Waals surface area contributed by atoms with E-state index >= 15 is 0 Å². The SMILES string of the molecule is CC.CN1CC(B(O)O)Cn2ccnc21. The molecule has 2 heterocycles. The highest BCUT2D eigenvalue weighted by Crippen LogP contribution is 2.24. The van der Waals surface area contributed by atoms with Crippen LogP contribution in [0.15, 0.2) is 12.4 Å². The average Bonchev–Trinajstić information content (AvgIpc) is 2.69. The van der Waals surface area contributed by atoms with E-state index in [0.29, 0.717) is 13.1 Å². The highest BCUT2D eigenvalue weighted by molar-refractivity contribution is 6.43. The molecule has 0 saturated carbocycles. The second-order valence-electron chi connectivity index (χ2n) is 3.43. The van der Waals surface area contributed by atoms with Crippen LogP contribution < -0.4 is 4.90 Å². The molecule has 0 radical (unpaired) electrons. The van der Waals surface area contributed by atoms with Gasteiger partial charge < -0.3 is 19.5 Å². The van der Waals surface area contributed by atoms with Gasteiger partial charge in [-0.1, -0.05) is 13.8 Å². The lowest BCUT2D eigenvalue weighted by Gasteiger charge is -2.31. The van der Waals surface area contributed by atoms with Gasteiger partial charge in [-0.2, -0.15) is 0 Å². The fourth-order valence-corrected chi connectivity index (χ4v) is 1.71. The molecular formula is C9H18BN3O2. The number of nitrogens with zero attached hydrogens (tertiary/aromatic N) is 3. The average molecular weight is 211 g/mol. The van der Waals surface area contributed by atoms with E-state index in [2.05, 4.69) is 4.98 Å². The fourth-order valence-electron chi connectivity index (χ4n) is 1.71. The van der Waals surface area contributed by atoms with Gasteiger partial charge in [-0.3, -0.25) is 0 Å². The summed E-state index contributed by atoms with van der Waals surface area (Å²) in [5.74, 6) is 0.753. The van der Waals surface area contributed by atoms with Gasteiger partial charge in [0.25, 0.3) is 0 Å². The van der Waals surface area contributed by atoms with Crippen molar-refractivity contribution in [3.05, 3.63) is 12.4 Å². The van der Waals surface area contributed by atoms with Crippen LogP contribution in [-0.4, -0.2) is 40.3 Å². The number of imidazole rings is 1. The Morgan fingerprint density at radius 1 is 1.40 bits per heavy atom. The van der Waals surface area contributed by atoms with Crippen molar-refractivity contribution in [2.45, 2.75) is 26.2 Å². The highest BCUT2D eigenvalue weighted by Gasteiger charge is 2.30. The van der Waals surface area contributed by atoms with Crippen LogP contribution in [0.25, 0.3) is 0 Å². The maximum Gasteiger partial charge on any atom is 0.458 e. The summed E-state index contributed by atoms with van der Waals surface area (Å²) in [7, 11) is 0.644. The topological polar surface area (TPSA) is 61.5 Å². The smallest absolute Gasteiger partial charge is 0.427 e. The minimum absolute atomic E-state index is 0.133. The Morgan fingerprint density at radius 2 is 2.07 bits per heavy atom. The Labute approximate surface area is 90.5 Å². The molecule has 1 aliphatic heterocycles. The Hall–Kier alpha value is -1.01. The van der Waals surface area contributed by atoms with Gasteiger partial charge in [-0.05, 0) is 0 Å². The lowest BCUT2D eigenvalue weighted by Crippen LogP contribution is -2.39. The maximum atomic E-state index is 9.05. The molecule has 1 aromatic heterocycles. The van der Waals surface area contributed by atoms with Crippen LogP contribution >= 0.6 is 0 Å². The van der Waals surface area contributed by atoms with E-state index in [1.165, 1.54) is 0 Å². The zero-order chi connectivity index (χ0) is 11.4. The van der Waals surface area contributed by atoms with Crippen LogP contribution in [0.5, 0.6) is 0 Å². The molecule has 0 aromatic carbocycles. The number of hydrogen-bond donors (Lipinski definition) is 2. The van der Waals surface area contributed by atoms with Crippen LogP contribution in [-0.2, 0) is 6.54 Å². The van der Waals surface area contributed by atoms with Crippen molar-refractivity contribution < 1.29 is 10.0 Å². The van der Waals surface area contributed by atoms with E-state index in [0.717, 1.165) is 5.95 Å². The van der Waals surface area contributed by atoms with Crippen molar-refractivity contribution in [2.75, 3.05) is 18.5 Å². The third-order valence-corrected chi connectivity index (χ3v) is 2.40. The lowest BCUT2D eigenvalue weighted by atomic mass is 9.72. The van der Waals surface area contributed by atoms with Gasteiger partial charge in [0, 0.05) is 38.3 Å². The van der Waals surface area contributed by atoms with Crippen molar-refractivity contribution in [3.8, 4) is 0 Å². The molecule has 0 spiro atoms. The van der Waals surface area contributed by atoms with Crippen molar-refractivity contribution in [3.63, 3.8) is 0 Å². The molecule has 0 bridgehead atoms. The third kappa shape index (κ3) is 2.51. The Kier molecular flexibility index (Phi) is 4.17. The second kappa shape index (κ2) is 5.18. The van der Waals surface area contributed by atoms with Gasteiger partial charge in [-0.25, -0.2) is 4.98 Å². The number of anilines is 1. The molecule has 84 valence electrons. The summed E-state index contributed by atoms with van der Waals surface area (Å²) in [5, 5.41) is 18.1. The Bertz CT molecular complexity index is 303. The van der Waals surface area contributed by atoms with Gasteiger partial charge in [-0.15, -0.1) is 0 Å². The predicted molar refractivity (Wildman–Crippen MR) is 60.8 cm³/mol. The number of fused-ring (bicyclic) bond motifs is 1. The lowest BCUT2D eigenvalue weighted by molar-refractivity contribution is 0.366. The molecule has 1 aromatic rings. The minimum Gasteiger partial charge on any atom is -0.427 e. The first kappa shape index (κ1) is 12.1. The summed E-state index contributed by atoms with van der Waals surface area (Å²) in [4.78, 5) is 6.08. The molecule has 1 aliphatic rings. The number of hydrogen-bond acceptors (Lipinski definition) is 4. The summed E-state index contributed by atoms with van der Waals surface area (Å²) >= 11 is 0. The van der Waals surface area contributed by atoms with E-state index in [-0.39, 0.29) is 5.82 Å². The van der Waals surface area contributed by atoms with Gasteiger partial charge in [0.1, 0.15) is 0 Å². The molecule has 2 rings (SSSR count). The minimum atomic E-state index is -1.25. The number of aromatic nitrogens is 2. The first-order valence-corrected chi connectivity index (χ1v) is 5.27. The first-order valence-electron chi connectivity index (χ1n) is 5.27. The molecule has 0 aliphatic carbocycles. The predicted octanol–water partition coefficient (Wildman–Crippen LogP) is 0.202. The zero-order valence-corrected chi connectivity index (χ0v) is 9.46. The molecule has 0 fully saturated rings. The molecule has 0 saturated heterocycles. The van der Waals surface area contributed by atoms with Gasteiger partial charge in [0.2, 0.25) is 5.95 Å². The quantitative estimate of drug-likeness (QED) is 0.651. The maximum absolute atomic E-state index is 9.05. The summed E-state index contributed by atoms with van der Waals surface area (Å²) in [6.07, 6.45) is 3.57. The van der Waals surface area contributed by atoms with E-state index < -0.39 is 7.12 Å². The molecule has 1 atom stereocenters. The summed E-state index contributed by atoms with van der Waals surface area (Å²) in [5.41, 5.74) is 0. The van der Waals surface area contributed by atoms with Gasteiger partial charge in [0.05, 0.1) is 0 Å². The van der Waals surface area contributed by atoms with E-state index in [9.17, 15) is 0 Å². The van der Waals surface area contributed by atoms with Crippen molar-refractivity contribution in [1.29, 1.82) is 0 Å². The molecular weight excluding hydrogens is 193 g/mol. The molecule has 15 heavy (non-hydrogen) atoms. The molecule has 6 heteroatoms. The van der Waals surface area contributed by atoms with Crippen LogP contribution in [0, 0.1) is 0 Å².